The first-order valence-corrected chi connectivity index (χ1v) is 6.88. The van der Waals surface area contributed by atoms with Crippen molar-refractivity contribution in [1.82, 2.24) is 15.1 Å². The molecule has 2 saturated heterocycles. The van der Waals surface area contributed by atoms with Crippen LogP contribution in [-0.4, -0.2) is 53.5 Å². The van der Waals surface area contributed by atoms with Crippen LogP contribution in [0.4, 0.5) is 0 Å². The summed E-state index contributed by atoms with van der Waals surface area (Å²) in [6.45, 7) is 8.27. The Balaban J connectivity index is 2.09. The molecule has 2 amide bonds. The summed E-state index contributed by atoms with van der Waals surface area (Å²) in [5.41, 5.74) is 0. The number of rotatable bonds is 3. The summed E-state index contributed by atoms with van der Waals surface area (Å²) in [4.78, 5) is 27.8. The van der Waals surface area contributed by atoms with Gasteiger partial charge in [0.1, 0.15) is 12.2 Å². The van der Waals surface area contributed by atoms with E-state index in [-0.39, 0.29) is 24.0 Å². The molecule has 2 aliphatic rings. The fraction of sp³-hybridized carbons (Fsp3) is 0.846. The van der Waals surface area contributed by atoms with Gasteiger partial charge in [-0.05, 0) is 12.8 Å². The number of piperazine rings is 1. The van der Waals surface area contributed by atoms with E-state index in [1.54, 1.807) is 4.90 Å². The van der Waals surface area contributed by atoms with Crippen molar-refractivity contribution >= 4 is 11.8 Å². The zero-order valence-corrected chi connectivity index (χ0v) is 11.5. The fourth-order valence-corrected chi connectivity index (χ4v) is 2.74. The van der Waals surface area contributed by atoms with Crippen LogP contribution in [0.5, 0.6) is 0 Å². The summed E-state index contributed by atoms with van der Waals surface area (Å²) in [5.74, 6) is 0.693. The first kappa shape index (κ1) is 13.3. The van der Waals surface area contributed by atoms with Crippen molar-refractivity contribution in [2.75, 3.05) is 19.6 Å². The molecule has 5 nitrogen and oxygen atoms in total. The molecule has 0 saturated carbocycles. The maximum atomic E-state index is 12.3. The molecular formula is C13H23N3O2. The first-order valence-electron chi connectivity index (χ1n) is 6.88. The molecule has 102 valence electrons. The lowest BCUT2D eigenvalue weighted by atomic mass is 10.0. The van der Waals surface area contributed by atoms with Crippen LogP contribution < -0.4 is 5.32 Å². The van der Waals surface area contributed by atoms with E-state index in [0.717, 1.165) is 19.5 Å². The van der Waals surface area contributed by atoms with Crippen molar-refractivity contribution in [3.8, 4) is 0 Å². The SMILES string of the molecule is CCC(C)CN1CC2NCCC(=O)N2[C@@H](C)C1=O. The second kappa shape index (κ2) is 5.26. The number of hydrogen-bond donors (Lipinski definition) is 1. The van der Waals surface area contributed by atoms with Gasteiger partial charge in [-0.25, -0.2) is 0 Å². The van der Waals surface area contributed by atoms with Gasteiger partial charge in [0.2, 0.25) is 11.8 Å². The molecule has 0 aliphatic carbocycles. The highest BCUT2D eigenvalue weighted by Gasteiger charge is 2.42. The summed E-state index contributed by atoms with van der Waals surface area (Å²) >= 11 is 0. The first-order chi connectivity index (χ1) is 8.54. The predicted molar refractivity (Wildman–Crippen MR) is 68.8 cm³/mol. The molecule has 2 unspecified atom stereocenters. The summed E-state index contributed by atoms with van der Waals surface area (Å²) in [6, 6.07) is -0.326. The Morgan fingerprint density at radius 2 is 2.17 bits per heavy atom. The minimum atomic E-state index is -0.326. The quantitative estimate of drug-likeness (QED) is 0.792. The summed E-state index contributed by atoms with van der Waals surface area (Å²) in [5, 5.41) is 3.33. The second-order valence-electron chi connectivity index (χ2n) is 5.45. The van der Waals surface area contributed by atoms with Crippen molar-refractivity contribution in [1.29, 1.82) is 0 Å². The van der Waals surface area contributed by atoms with Crippen molar-refractivity contribution in [2.45, 2.75) is 45.8 Å². The molecule has 0 aromatic carbocycles. The third-order valence-electron chi connectivity index (χ3n) is 4.05. The zero-order chi connectivity index (χ0) is 13.3. The maximum absolute atomic E-state index is 12.3. The molecule has 3 atom stereocenters. The molecule has 5 heteroatoms. The van der Waals surface area contributed by atoms with E-state index in [2.05, 4.69) is 19.2 Å². The van der Waals surface area contributed by atoms with E-state index in [9.17, 15) is 9.59 Å². The Morgan fingerprint density at radius 1 is 1.44 bits per heavy atom. The average Bonchev–Trinajstić information content (AvgIpc) is 2.35. The van der Waals surface area contributed by atoms with Gasteiger partial charge in [-0.3, -0.25) is 14.9 Å². The van der Waals surface area contributed by atoms with Crippen molar-refractivity contribution in [2.24, 2.45) is 5.92 Å². The van der Waals surface area contributed by atoms with Crippen LogP contribution in [-0.2, 0) is 9.59 Å². The lowest BCUT2D eigenvalue weighted by Gasteiger charge is -2.47. The largest absolute Gasteiger partial charge is 0.337 e. The van der Waals surface area contributed by atoms with Crippen molar-refractivity contribution < 1.29 is 9.59 Å². The lowest BCUT2D eigenvalue weighted by Crippen LogP contribution is -2.69. The monoisotopic (exact) mass is 253 g/mol. The highest BCUT2D eigenvalue weighted by atomic mass is 16.2. The Kier molecular flexibility index (Phi) is 3.90. The van der Waals surface area contributed by atoms with Gasteiger partial charge < -0.3 is 9.80 Å². The maximum Gasteiger partial charge on any atom is 0.245 e. The van der Waals surface area contributed by atoms with Crippen LogP contribution in [0, 0.1) is 5.92 Å². The third kappa shape index (κ3) is 2.36. The third-order valence-corrected chi connectivity index (χ3v) is 4.05. The molecular weight excluding hydrogens is 230 g/mol. The Hall–Kier alpha value is -1.10. The number of nitrogens with one attached hydrogen (secondary N) is 1. The minimum absolute atomic E-state index is 0.00278. The molecule has 1 N–H and O–H groups in total. The Morgan fingerprint density at radius 3 is 2.83 bits per heavy atom. The molecule has 2 aliphatic heterocycles. The fourth-order valence-electron chi connectivity index (χ4n) is 2.74. The van der Waals surface area contributed by atoms with E-state index in [4.69, 9.17) is 0 Å². The van der Waals surface area contributed by atoms with Gasteiger partial charge in [0.05, 0.1) is 6.54 Å². The number of carbonyl (C=O) groups excluding carboxylic acids is 2. The van der Waals surface area contributed by atoms with E-state index in [1.165, 1.54) is 0 Å². The van der Waals surface area contributed by atoms with Gasteiger partial charge in [-0.15, -0.1) is 0 Å². The van der Waals surface area contributed by atoms with Crippen LogP contribution in [0.2, 0.25) is 0 Å². The van der Waals surface area contributed by atoms with Crippen LogP contribution in [0.25, 0.3) is 0 Å². The number of hydrogen-bond acceptors (Lipinski definition) is 3. The summed E-state index contributed by atoms with van der Waals surface area (Å²) < 4.78 is 0. The van der Waals surface area contributed by atoms with E-state index in [0.29, 0.717) is 18.9 Å². The zero-order valence-electron chi connectivity index (χ0n) is 11.5. The van der Waals surface area contributed by atoms with E-state index < -0.39 is 0 Å². The van der Waals surface area contributed by atoms with Gasteiger partial charge in [-0.1, -0.05) is 20.3 Å². The lowest BCUT2D eigenvalue weighted by molar-refractivity contribution is -0.159. The van der Waals surface area contributed by atoms with Crippen LogP contribution >= 0.6 is 0 Å². The molecule has 2 rings (SSSR count). The van der Waals surface area contributed by atoms with Gasteiger partial charge in [0.15, 0.2) is 0 Å². The van der Waals surface area contributed by atoms with E-state index >= 15 is 0 Å². The van der Waals surface area contributed by atoms with Gasteiger partial charge >= 0.3 is 0 Å². The molecule has 0 aromatic rings. The smallest absolute Gasteiger partial charge is 0.245 e. The Labute approximate surface area is 108 Å². The van der Waals surface area contributed by atoms with Crippen LogP contribution in [0.1, 0.15) is 33.6 Å². The number of amides is 2. The second-order valence-corrected chi connectivity index (χ2v) is 5.45. The van der Waals surface area contributed by atoms with E-state index in [1.807, 2.05) is 11.8 Å². The van der Waals surface area contributed by atoms with Crippen molar-refractivity contribution in [3.63, 3.8) is 0 Å². The van der Waals surface area contributed by atoms with Gasteiger partial charge in [0.25, 0.3) is 0 Å². The molecule has 0 bridgehead atoms. The molecule has 18 heavy (non-hydrogen) atoms. The molecule has 2 fully saturated rings. The molecule has 0 radical (unpaired) electrons. The van der Waals surface area contributed by atoms with Crippen LogP contribution in [0.15, 0.2) is 0 Å². The highest BCUT2D eigenvalue weighted by Crippen LogP contribution is 2.20. The number of carbonyl (C=O) groups is 2. The summed E-state index contributed by atoms with van der Waals surface area (Å²) in [6.07, 6.45) is 1.57. The average molecular weight is 253 g/mol. The number of nitrogens with zero attached hydrogens (tertiary/aromatic N) is 2. The summed E-state index contributed by atoms with van der Waals surface area (Å²) in [7, 11) is 0. The highest BCUT2D eigenvalue weighted by molar-refractivity contribution is 5.89. The predicted octanol–water partition coefficient (Wildman–Crippen LogP) is 0.411. The van der Waals surface area contributed by atoms with Crippen LogP contribution in [0.3, 0.4) is 0 Å². The van der Waals surface area contributed by atoms with Crippen molar-refractivity contribution in [3.05, 3.63) is 0 Å². The van der Waals surface area contributed by atoms with Gasteiger partial charge in [-0.2, -0.15) is 0 Å². The molecule has 2 heterocycles. The van der Waals surface area contributed by atoms with Gasteiger partial charge in [0, 0.05) is 19.5 Å². The number of fused-ring (bicyclic) bond motifs is 1. The normalized spacial score (nSPS) is 30.4. The molecule has 0 spiro atoms. The minimum Gasteiger partial charge on any atom is -0.337 e. The standard InChI is InChI=1S/C13H23N3O2/c1-4-9(2)7-15-8-11-14-6-5-12(17)16(11)10(3)13(15)18/h9-11,14H,4-8H2,1-3H3/t9?,10-,11?/m0/s1. The topological polar surface area (TPSA) is 52.7 Å². The Bertz CT molecular complexity index is 345. The molecule has 0 aromatic heterocycles.